The molecule has 2 rings (SSSR count). The predicted molar refractivity (Wildman–Crippen MR) is 75.6 cm³/mol. The molecule has 1 atom stereocenters. The molecule has 0 amide bonds. The number of hydrogen-bond acceptors (Lipinski definition) is 3. The SMILES string of the molecule is CC(C)[C@H]1CN(Cc2ccncc2Cl)CCS1. The van der Waals surface area contributed by atoms with Gasteiger partial charge in [-0.1, -0.05) is 25.4 Å². The van der Waals surface area contributed by atoms with Crippen LogP contribution >= 0.6 is 23.4 Å². The smallest absolute Gasteiger partial charge is 0.0634 e. The van der Waals surface area contributed by atoms with Gasteiger partial charge < -0.3 is 0 Å². The van der Waals surface area contributed by atoms with Crippen molar-refractivity contribution in [1.82, 2.24) is 9.88 Å². The lowest BCUT2D eigenvalue weighted by atomic mass is 10.1. The number of thioether (sulfide) groups is 1. The summed E-state index contributed by atoms with van der Waals surface area (Å²) in [5, 5.41) is 1.54. The van der Waals surface area contributed by atoms with E-state index in [2.05, 4.69) is 35.5 Å². The van der Waals surface area contributed by atoms with Crippen LogP contribution in [-0.4, -0.2) is 34.0 Å². The van der Waals surface area contributed by atoms with E-state index >= 15 is 0 Å². The second-order valence-electron chi connectivity index (χ2n) is 4.86. The van der Waals surface area contributed by atoms with Crippen molar-refractivity contribution in [2.24, 2.45) is 5.92 Å². The van der Waals surface area contributed by atoms with Gasteiger partial charge in [-0.15, -0.1) is 0 Å². The molecule has 1 aliphatic heterocycles. The molecule has 0 bridgehead atoms. The van der Waals surface area contributed by atoms with Gasteiger partial charge in [-0.25, -0.2) is 0 Å². The largest absolute Gasteiger partial charge is 0.297 e. The van der Waals surface area contributed by atoms with E-state index in [1.807, 2.05) is 12.3 Å². The van der Waals surface area contributed by atoms with Gasteiger partial charge in [-0.2, -0.15) is 11.8 Å². The normalized spacial score (nSPS) is 22.0. The predicted octanol–water partition coefficient (Wildman–Crippen LogP) is 3.31. The van der Waals surface area contributed by atoms with Crippen LogP contribution in [0.5, 0.6) is 0 Å². The molecular weight excluding hydrogens is 252 g/mol. The fraction of sp³-hybridized carbons (Fsp3) is 0.615. The Kier molecular flexibility index (Phi) is 4.71. The van der Waals surface area contributed by atoms with Gasteiger partial charge in [-0.3, -0.25) is 9.88 Å². The molecule has 1 saturated heterocycles. The van der Waals surface area contributed by atoms with Crippen LogP contribution in [0.25, 0.3) is 0 Å². The standard InChI is InChI=1S/C13H19ClN2S/c1-10(2)13-9-16(5-6-17-13)8-11-3-4-15-7-12(11)14/h3-4,7,10,13H,5-6,8-9H2,1-2H3/t13-/m1/s1. The van der Waals surface area contributed by atoms with Crippen LogP contribution in [0.15, 0.2) is 18.5 Å². The fourth-order valence-corrected chi connectivity index (χ4v) is 3.60. The maximum absolute atomic E-state index is 6.15. The Morgan fingerprint density at radius 3 is 3.12 bits per heavy atom. The Hall–Kier alpha value is -0.250. The third kappa shape index (κ3) is 3.60. The Labute approximate surface area is 113 Å². The van der Waals surface area contributed by atoms with E-state index in [0.717, 1.165) is 29.3 Å². The maximum Gasteiger partial charge on any atom is 0.0634 e. The molecule has 0 aliphatic carbocycles. The molecule has 0 aromatic carbocycles. The van der Waals surface area contributed by atoms with Crippen LogP contribution in [0.3, 0.4) is 0 Å². The molecule has 0 saturated carbocycles. The molecule has 94 valence electrons. The molecule has 1 fully saturated rings. The molecule has 2 nitrogen and oxygen atoms in total. The van der Waals surface area contributed by atoms with Crippen molar-refractivity contribution in [3.05, 3.63) is 29.0 Å². The highest BCUT2D eigenvalue weighted by molar-refractivity contribution is 8.00. The summed E-state index contributed by atoms with van der Waals surface area (Å²) in [4.78, 5) is 6.53. The highest BCUT2D eigenvalue weighted by Gasteiger charge is 2.23. The highest BCUT2D eigenvalue weighted by Crippen LogP contribution is 2.26. The first kappa shape index (κ1) is 13.2. The molecule has 0 radical (unpaired) electrons. The van der Waals surface area contributed by atoms with E-state index in [4.69, 9.17) is 11.6 Å². The van der Waals surface area contributed by atoms with E-state index < -0.39 is 0 Å². The van der Waals surface area contributed by atoms with Crippen molar-refractivity contribution < 1.29 is 0 Å². The van der Waals surface area contributed by atoms with Gasteiger partial charge in [0.25, 0.3) is 0 Å². The molecule has 1 aliphatic rings. The van der Waals surface area contributed by atoms with Crippen molar-refractivity contribution in [2.45, 2.75) is 25.6 Å². The summed E-state index contributed by atoms with van der Waals surface area (Å²) >= 11 is 8.25. The first-order valence-electron chi connectivity index (χ1n) is 6.09. The van der Waals surface area contributed by atoms with Crippen molar-refractivity contribution in [3.8, 4) is 0 Å². The van der Waals surface area contributed by atoms with Crippen LogP contribution in [0.4, 0.5) is 0 Å². The summed E-state index contributed by atoms with van der Waals surface area (Å²) in [7, 11) is 0. The fourth-order valence-electron chi connectivity index (χ4n) is 2.05. The quantitative estimate of drug-likeness (QED) is 0.838. The van der Waals surface area contributed by atoms with Crippen LogP contribution in [0.2, 0.25) is 5.02 Å². The number of halogens is 1. The van der Waals surface area contributed by atoms with Crippen molar-refractivity contribution in [3.63, 3.8) is 0 Å². The van der Waals surface area contributed by atoms with Gasteiger partial charge in [0.15, 0.2) is 0 Å². The first-order valence-corrected chi connectivity index (χ1v) is 7.52. The van der Waals surface area contributed by atoms with Crippen LogP contribution in [-0.2, 0) is 6.54 Å². The van der Waals surface area contributed by atoms with Crippen LogP contribution in [0, 0.1) is 5.92 Å². The molecule has 1 aromatic rings. The highest BCUT2D eigenvalue weighted by atomic mass is 35.5. The summed E-state index contributed by atoms with van der Waals surface area (Å²) in [6, 6.07) is 2.02. The van der Waals surface area contributed by atoms with E-state index in [9.17, 15) is 0 Å². The maximum atomic E-state index is 6.15. The average Bonchev–Trinajstić information content (AvgIpc) is 2.32. The minimum absolute atomic E-state index is 0.746. The minimum Gasteiger partial charge on any atom is -0.297 e. The third-order valence-electron chi connectivity index (χ3n) is 3.17. The van der Waals surface area contributed by atoms with Crippen LogP contribution < -0.4 is 0 Å². The van der Waals surface area contributed by atoms with Crippen molar-refractivity contribution in [1.29, 1.82) is 0 Å². The lowest BCUT2D eigenvalue weighted by molar-refractivity contribution is 0.260. The average molecular weight is 271 g/mol. The van der Waals surface area contributed by atoms with Gasteiger partial charge >= 0.3 is 0 Å². The monoisotopic (exact) mass is 270 g/mol. The van der Waals surface area contributed by atoms with E-state index in [1.165, 1.54) is 17.9 Å². The minimum atomic E-state index is 0.746. The third-order valence-corrected chi connectivity index (χ3v) is 5.05. The summed E-state index contributed by atoms with van der Waals surface area (Å²) < 4.78 is 0. The Morgan fingerprint density at radius 1 is 1.59 bits per heavy atom. The van der Waals surface area contributed by atoms with E-state index in [1.54, 1.807) is 6.20 Å². The Morgan fingerprint density at radius 2 is 2.41 bits per heavy atom. The molecule has 1 aromatic heterocycles. The molecule has 0 N–H and O–H groups in total. The van der Waals surface area contributed by atoms with Crippen LogP contribution in [0.1, 0.15) is 19.4 Å². The topological polar surface area (TPSA) is 16.1 Å². The van der Waals surface area contributed by atoms with Gasteiger partial charge in [0, 0.05) is 43.0 Å². The lowest BCUT2D eigenvalue weighted by Crippen LogP contribution is -2.39. The first-order chi connectivity index (χ1) is 8.16. The summed E-state index contributed by atoms with van der Waals surface area (Å²) in [6.07, 6.45) is 3.55. The van der Waals surface area contributed by atoms with Crippen molar-refractivity contribution >= 4 is 23.4 Å². The van der Waals surface area contributed by atoms with E-state index in [-0.39, 0.29) is 0 Å². The molecule has 0 unspecified atom stereocenters. The molecule has 2 heterocycles. The second kappa shape index (κ2) is 6.07. The zero-order chi connectivity index (χ0) is 12.3. The molecular formula is C13H19ClN2S. The summed E-state index contributed by atoms with van der Waals surface area (Å²) in [5.74, 6) is 1.97. The lowest BCUT2D eigenvalue weighted by Gasteiger charge is -2.34. The Bertz CT molecular complexity index is 370. The Balaban J connectivity index is 1.97. The number of hydrogen-bond donors (Lipinski definition) is 0. The van der Waals surface area contributed by atoms with Gasteiger partial charge in [0.05, 0.1) is 5.02 Å². The number of aromatic nitrogens is 1. The number of nitrogens with zero attached hydrogens (tertiary/aromatic N) is 2. The van der Waals surface area contributed by atoms with Gasteiger partial charge in [-0.05, 0) is 17.5 Å². The molecule has 0 spiro atoms. The van der Waals surface area contributed by atoms with Gasteiger partial charge in [0.1, 0.15) is 0 Å². The zero-order valence-corrected chi connectivity index (χ0v) is 12.0. The molecule has 17 heavy (non-hydrogen) atoms. The molecule has 4 heteroatoms. The van der Waals surface area contributed by atoms with E-state index in [0.29, 0.717) is 0 Å². The zero-order valence-electron chi connectivity index (χ0n) is 10.4. The van der Waals surface area contributed by atoms with Gasteiger partial charge in [0.2, 0.25) is 0 Å². The van der Waals surface area contributed by atoms with Crippen molar-refractivity contribution in [2.75, 3.05) is 18.8 Å². The summed E-state index contributed by atoms with van der Waals surface area (Å²) in [6.45, 7) is 7.89. The number of rotatable bonds is 3. The summed E-state index contributed by atoms with van der Waals surface area (Å²) in [5.41, 5.74) is 1.19. The number of pyridine rings is 1. The second-order valence-corrected chi connectivity index (χ2v) is 6.61.